The van der Waals surface area contributed by atoms with Crippen molar-refractivity contribution >= 4 is 28.5 Å². The normalized spacial score (nSPS) is 10.6. The first-order chi connectivity index (χ1) is 14.7. The number of unbranched alkanes of at least 4 members (excludes halogenated alkanes) is 1. The zero-order valence-electron chi connectivity index (χ0n) is 17.6. The van der Waals surface area contributed by atoms with E-state index in [-0.39, 0.29) is 5.69 Å². The van der Waals surface area contributed by atoms with E-state index in [9.17, 15) is 4.79 Å². The molecule has 1 N–H and O–H groups in total. The first kappa shape index (κ1) is 21.4. The predicted molar refractivity (Wildman–Crippen MR) is 117 cm³/mol. The Morgan fingerprint density at radius 3 is 2.40 bits per heavy atom. The molecule has 2 aromatic carbocycles. The van der Waals surface area contributed by atoms with E-state index in [0.29, 0.717) is 53.9 Å². The standard InChI is InChI=1S/C23H27N3O4/c1-4-7-14-30-23(27)21-22(25-18-11-9-8-10-17(18)24-21)26-19-15-16(28-5-2)12-13-20(19)29-6-3/h8-13,15H,4-7,14H2,1-3H3,(H,25,26). The van der Waals surface area contributed by atoms with Crippen LogP contribution >= 0.6 is 0 Å². The number of fused-ring (bicyclic) bond motifs is 1. The molecule has 158 valence electrons. The van der Waals surface area contributed by atoms with Crippen molar-refractivity contribution in [1.29, 1.82) is 0 Å². The lowest BCUT2D eigenvalue weighted by atomic mass is 10.2. The van der Waals surface area contributed by atoms with Crippen molar-refractivity contribution in [1.82, 2.24) is 9.97 Å². The molecule has 7 heteroatoms. The summed E-state index contributed by atoms with van der Waals surface area (Å²) in [6, 6.07) is 12.9. The van der Waals surface area contributed by atoms with Gasteiger partial charge in [-0.3, -0.25) is 0 Å². The van der Waals surface area contributed by atoms with E-state index in [2.05, 4.69) is 15.3 Å². The van der Waals surface area contributed by atoms with Crippen LogP contribution in [0, 0.1) is 0 Å². The molecule has 0 atom stereocenters. The Balaban J connectivity index is 2.02. The fourth-order valence-electron chi connectivity index (χ4n) is 2.88. The summed E-state index contributed by atoms with van der Waals surface area (Å²) >= 11 is 0. The highest BCUT2D eigenvalue weighted by Crippen LogP contribution is 2.33. The molecule has 0 aliphatic heterocycles. The van der Waals surface area contributed by atoms with Gasteiger partial charge in [0.25, 0.3) is 0 Å². The molecule has 0 aliphatic rings. The van der Waals surface area contributed by atoms with Gasteiger partial charge in [0.1, 0.15) is 11.5 Å². The lowest BCUT2D eigenvalue weighted by molar-refractivity contribution is 0.0494. The molecule has 1 aromatic heterocycles. The van der Waals surface area contributed by atoms with Crippen LogP contribution in [0.3, 0.4) is 0 Å². The van der Waals surface area contributed by atoms with Crippen LogP contribution in [0.5, 0.6) is 11.5 Å². The monoisotopic (exact) mass is 409 g/mol. The van der Waals surface area contributed by atoms with Gasteiger partial charge in [0.15, 0.2) is 11.5 Å². The Bertz CT molecular complexity index is 1010. The molecule has 0 radical (unpaired) electrons. The number of carbonyl (C=O) groups is 1. The minimum Gasteiger partial charge on any atom is -0.494 e. The number of esters is 1. The number of nitrogens with zero attached hydrogens (tertiary/aromatic N) is 2. The van der Waals surface area contributed by atoms with Gasteiger partial charge in [-0.15, -0.1) is 0 Å². The van der Waals surface area contributed by atoms with Crippen LogP contribution in [-0.4, -0.2) is 35.8 Å². The number of carbonyl (C=O) groups excluding carboxylic acids is 1. The van der Waals surface area contributed by atoms with E-state index in [1.807, 2.05) is 63.2 Å². The first-order valence-electron chi connectivity index (χ1n) is 10.3. The molecule has 0 aliphatic carbocycles. The van der Waals surface area contributed by atoms with E-state index in [1.54, 1.807) is 0 Å². The highest BCUT2D eigenvalue weighted by molar-refractivity contribution is 5.96. The number of benzene rings is 2. The summed E-state index contributed by atoms with van der Waals surface area (Å²) in [5, 5.41) is 3.21. The fraction of sp³-hybridized carbons (Fsp3) is 0.348. The van der Waals surface area contributed by atoms with Crippen LogP contribution in [0.4, 0.5) is 11.5 Å². The van der Waals surface area contributed by atoms with Crippen molar-refractivity contribution < 1.29 is 19.0 Å². The molecular weight excluding hydrogens is 382 g/mol. The van der Waals surface area contributed by atoms with Crippen molar-refractivity contribution in [2.75, 3.05) is 25.1 Å². The summed E-state index contributed by atoms with van der Waals surface area (Å²) in [5.41, 5.74) is 2.06. The number of para-hydroxylation sites is 2. The van der Waals surface area contributed by atoms with Crippen molar-refractivity contribution in [3.63, 3.8) is 0 Å². The third kappa shape index (κ3) is 5.17. The van der Waals surface area contributed by atoms with Crippen LogP contribution in [0.1, 0.15) is 44.1 Å². The molecule has 0 unspecified atom stereocenters. The molecular formula is C23H27N3O4. The molecule has 7 nitrogen and oxygen atoms in total. The molecule has 0 fully saturated rings. The number of hydrogen-bond donors (Lipinski definition) is 1. The summed E-state index contributed by atoms with van der Waals surface area (Å²) in [5.74, 6) is 1.11. The second kappa shape index (κ2) is 10.4. The zero-order valence-corrected chi connectivity index (χ0v) is 17.6. The third-order valence-corrected chi connectivity index (χ3v) is 4.31. The van der Waals surface area contributed by atoms with Gasteiger partial charge < -0.3 is 19.5 Å². The summed E-state index contributed by atoms with van der Waals surface area (Å²) in [6.07, 6.45) is 1.73. The molecule has 0 spiro atoms. The fourth-order valence-corrected chi connectivity index (χ4v) is 2.88. The average Bonchev–Trinajstić information content (AvgIpc) is 2.75. The van der Waals surface area contributed by atoms with Gasteiger partial charge in [-0.1, -0.05) is 25.5 Å². The predicted octanol–water partition coefficient (Wildman–Crippen LogP) is 5.13. The van der Waals surface area contributed by atoms with Gasteiger partial charge in [-0.2, -0.15) is 0 Å². The molecule has 1 heterocycles. The average molecular weight is 409 g/mol. The van der Waals surface area contributed by atoms with Gasteiger partial charge in [-0.05, 0) is 44.5 Å². The highest BCUT2D eigenvalue weighted by atomic mass is 16.5. The smallest absolute Gasteiger partial charge is 0.360 e. The van der Waals surface area contributed by atoms with E-state index < -0.39 is 5.97 Å². The minimum atomic E-state index is -0.511. The lowest BCUT2D eigenvalue weighted by Crippen LogP contribution is -2.13. The second-order valence-electron chi connectivity index (χ2n) is 6.55. The molecule has 30 heavy (non-hydrogen) atoms. The van der Waals surface area contributed by atoms with Crippen LogP contribution in [-0.2, 0) is 4.74 Å². The molecule has 3 aromatic rings. The van der Waals surface area contributed by atoms with Crippen LogP contribution in [0.2, 0.25) is 0 Å². The van der Waals surface area contributed by atoms with Crippen LogP contribution in [0.15, 0.2) is 42.5 Å². The topological polar surface area (TPSA) is 82.6 Å². The quantitative estimate of drug-likeness (QED) is 0.367. The van der Waals surface area contributed by atoms with Gasteiger partial charge >= 0.3 is 5.97 Å². The van der Waals surface area contributed by atoms with Gasteiger partial charge in [0.2, 0.25) is 0 Å². The lowest BCUT2D eigenvalue weighted by Gasteiger charge is -2.16. The maximum atomic E-state index is 12.7. The summed E-state index contributed by atoms with van der Waals surface area (Å²) in [7, 11) is 0. The number of nitrogens with one attached hydrogen (secondary N) is 1. The second-order valence-corrected chi connectivity index (χ2v) is 6.55. The summed E-state index contributed by atoms with van der Waals surface area (Å²) in [6.45, 7) is 7.25. The maximum absolute atomic E-state index is 12.7. The maximum Gasteiger partial charge on any atom is 0.360 e. The number of ether oxygens (including phenoxy) is 3. The van der Waals surface area contributed by atoms with Gasteiger partial charge in [0.05, 0.1) is 36.5 Å². The third-order valence-electron chi connectivity index (χ3n) is 4.31. The molecule has 0 bridgehead atoms. The highest BCUT2D eigenvalue weighted by Gasteiger charge is 2.19. The minimum absolute atomic E-state index is 0.133. The van der Waals surface area contributed by atoms with Crippen LogP contribution < -0.4 is 14.8 Å². The molecule has 3 rings (SSSR count). The molecule has 0 saturated carbocycles. The zero-order chi connectivity index (χ0) is 21.3. The summed E-state index contributed by atoms with van der Waals surface area (Å²) < 4.78 is 16.7. The van der Waals surface area contributed by atoms with E-state index in [4.69, 9.17) is 14.2 Å². The van der Waals surface area contributed by atoms with Gasteiger partial charge in [0, 0.05) is 6.07 Å². The Kier molecular flexibility index (Phi) is 7.43. The Hall–Kier alpha value is -3.35. The Labute approximate surface area is 176 Å². The van der Waals surface area contributed by atoms with Crippen molar-refractivity contribution in [2.24, 2.45) is 0 Å². The number of aromatic nitrogens is 2. The van der Waals surface area contributed by atoms with Crippen molar-refractivity contribution in [3.8, 4) is 11.5 Å². The largest absolute Gasteiger partial charge is 0.494 e. The van der Waals surface area contributed by atoms with E-state index in [1.165, 1.54) is 0 Å². The van der Waals surface area contributed by atoms with Crippen molar-refractivity contribution in [3.05, 3.63) is 48.2 Å². The first-order valence-corrected chi connectivity index (χ1v) is 10.3. The number of rotatable bonds is 10. The molecule has 0 amide bonds. The number of anilines is 2. The Morgan fingerprint density at radius 1 is 0.967 bits per heavy atom. The van der Waals surface area contributed by atoms with Gasteiger partial charge in [-0.25, -0.2) is 14.8 Å². The SMILES string of the molecule is CCCCOC(=O)c1nc2ccccc2nc1Nc1cc(OCC)ccc1OCC. The summed E-state index contributed by atoms with van der Waals surface area (Å²) in [4.78, 5) is 21.9. The van der Waals surface area contributed by atoms with E-state index in [0.717, 1.165) is 12.8 Å². The van der Waals surface area contributed by atoms with E-state index >= 15 is 0 Å². The van der Waals surface area contributed by atoms with Crippen LogP contribution in [0.25, 0.3) is 11.0 Å². The van der Waals surface area contributed by atoms with Crippen molar-refractivity contribution in [2.45, 2.75) is 33.6 Å². The Morgan fingerprint density at radius 2 is 1.70 bits per heavy atom. The number of hydrogen-bond acceptors (Lipinski definition) is 7. The molecule has 0 saturated heterocycles.